The molecule has 4 heterocycles. The van der Waals surface area contributed by atoms with Crippen molar-refractivity contribution in [3.05, 3.63) is 145 Å². The highest BCUT2D eigenvalue weighted by Gasteiger charge is 2.27. The number of hydrogen-bond acceptors (Lipinski definition) is 14. The van der Waals surface area contributed by atoms with E-state index in [4.69, 9.17) is 33.9 Å². The number of carbonyl (C=O) groups excluding carboxylic acids is 1. The minimum atomic E-state index is -0.969. The quantitative estimate of drug-likeness (QED) is 0.0331. The van der Waals surface area contributed by atoms with E-state index < -0.39 is 6.23 Å². The number of aromatic nitrogens is 4. The van der Waals surface area contributed by atoms with E-state index in [0.717, 1.165) is 52.3 Å². The number of fused-ring (bicyclic) bond motifs is 1. The normalized spacial score (nSPS) is 15.2. The Labute approximate surface area is 364 Å². The van der Waals surface area contributed by atoms with Gasteiger partial charge in [-0.1, -0.05) is 70.2 Å². The molecule has 1 aliphatic heterocycles. The average Bonchev–Trinajstić information content (AvgIpc) is 4.07. The van der Waals surface area contributed by atoms with Crippen molar-refractivity contribution in [3.63, 3.8) is 0 Å². The number of aliphatic hydroxyl groups is 1. The van der Waals surface area contributed by atoms with Gasteiger partial charge in [0.15, 0.2) is 16.5 Å². The third-order valence-corrected chi connectivity index (χ3v) is 12.2. The molecular weight excluding hydrogens is 840 g/mol. The third kappa shape index (κ3) is 9.54. The summed E-state index contributed by atoms with van der Waals surface area (Å²) in [5.74, 6) is -0.317. The summed E-state index contributed by atoms with van der Waals surface area (Å²) in [5.41, 5.74) is 14.3. The molecule has 306 valence electrons. The van der Waals surface area contributed by atoms with Gasteiger partial charge in [-0.2, -0.15) is 0 Å². The predicted molar refractivity (Wildman–Crippen MR) is 244 cm³/mol. The van der Waals surface area contributed by atoms with Gasteiger partial charge in [-0.05, 0) is 73.4 Å². The highest BCUT2D eigenvalue weighted by Crippen LogP contribution is 2.35. The van der Waals surface area contributed by atoms with Crippen LogP contribution in [0.5, 0.6) is 0 Å². The van der Waals surface area contributed by atoms with Gasteiger partial charge in [-0.3, -0.25) is 14.8 Å². The van der Waals surface area contributed by atoms with Crippen LogP contribution in [0.2, 0.25) is 10.0 Å². The van der Waals surface area contributed by atoms with Crippen LogP contribution >= 0.6 is 45.9 Å². The van der Waals surface area contributed by atoms with Crippen LogP contribution in [0.4, 0.5) is 33.0 Å². The number of nitrogens with one attached hydrogen (secondary N) is 4. The monoisotopic (exact) mass is 878 g/mol. The summed E-state index contributed by atoms with van der Waals surface area (Å²) in [6.45, 7) is 5.72. The van der Waals surface area contributed by atoms with Crippen molar-refractivity contribution >= 4 is 97.3 Å². The molecule has 6 aromatic rings. The maximum Gasteiger partial charge on any atom is 0.267 e. The maximum atomic E-state index is 13.4. The molecule has 2 aliphatic rings. The number of halogens is 2. The summed E-state index contributed by atoms with van der Waals surface area (Å²) in [7, 11) is 0. The van der Waals surface area contributed by atoms with Crippen molar-refractivity contribution in [2.45, 2.75) is 45.6 Å². The summed E-state index contributed by atoms with van der Waals surface area (Å²) in [6, 6.07) is 15.0. The second-order valence-electron chi connectivity index (χ2n) is 14.1. The van der Waals surface area contributed by atoms with E-state index in [9.17, 15) is 9.90 Å². The molecule has 0 fully saturated rings. The van der Waals surface area contributed by atoms with E-state index in [1.807, 2.05) is 73.4 Å². The van der Waals surface area contributed by atoms with Crippen molar-refractivity contribution in [2.75, 3.05) is 33.5 Å². The van der Waals surface area contributed by atoms with E-state index in [1.165, 1.54) is 28.9 Å². The number of para-hydroxylation sites is 1. The summed E-state index contributed by atoms with van der Waals surface area (Å²) < 4.78 is 1.96. The van der Waals surface area contributed by atoms with Crippen molar-refractivity contribution in [1.29, 1.82) is 0 Å². The Bertz CT molecular complexity index is 2610. The number of benzene rings is 3. The number of nitrogen functional groups attached to an aromatic ring is 1. The van der Waals surface area contributed by atoms with Crippen molar-refractivity contribution < 1.29 is 9.90 Å². The van der Waals surface area contributed by atoms with Gasteiger partial charge in [0.2, 0.25) is 0 Å². The number of aliphatic hydroxyl groups excluding tert-OH is 1. The molecule has 0 spiro atoms. The zero-order valence-electron chi connectivity index (χ0n) is 32.4. The molecule has 8 rings (SSSR count). The fraction of sp³-hybridized carbons (Fsp3) is 0.190. The van der Waals surface area contributed by atoms with E-state index >= 15 is 0 Å². The maximum absolute atomic E-state index is 13.4. The van der Waals surface area contributed by atoms with Crippen molar-refractivity contribution in [1.82, 2.24) is 24.4 Å². The van der Waals surface area contributed by atoms with Crippen LogP contribution in [0.25, 0.3) is 0 Å². The highest BCUT2D eigenvalue weighted by molar-refractivity contribution is 7.17. The van der Waals surface area contributed by atoms with E-state index in [2.05, 4.69) is 58.3 Å². The van der Waals surface area contributed by atoms with Crippen LogP contribution in [-0.2, 0) is 13.1 Å². The standard InChI is InChI=1S/C42H40Cl2N12O2S2/c1-24-4-3-5-30(43)37(24)53-39(57)35-19-49-42(60-35)52-29-8-9-33-34(17-29)56(23-50-33)21-26-14-25(2)38(31(44)15-26)54-40(58)36-20-48-41(59-36)51-28-7-6-27(32(45)16-28)18-46-10-12-55-13-11-47-22-55/h3-8,11,13-20,22-23,33,39,53,57H,9-10,12,21,45H2,1-2H3,(H,48,51)(H,49,52)(H,54,58)/t33-,39-/m0/s1. The summed E-state index contributed by atoms with van der Waals surface area (Å²) in [5, 5.41) is 25.7. The van der Waals surface area contributed by atoms with Crippen LogP contribution in [0, 0.1) is 13.8 Å². The van der Waals surface area contributed by atoms with Gasteiger partial charge >= 0.3 is 0 Å². The molecule has 18 heteroatoms. The molecule has 7 N–H and O–H groups in total. The third-order valence-electron chi connectivity index (χ3n) is 9.75. The van der Waals surface area contributed by atoms with Crippen LogP contribution < -0.4 is 27.0 Å². The molecule has 0 saturated carbocycles. The fourth-order valence-electron chi connectivity index (χ4n) is 6.67. The van der Waals surface area contributed by atoms with Crippen LogP contribution in [0.15, 0.2) is 113 Å². The number of anilines is 6. The number of aryl methyl sites for hydroxylation is 2. The van der Waals surface area contributed by atoms with Gasteiger partial charge < -0.3 is 41.6 Å². The topological polar surface area (TPSA) is 183 Å². The van der Waals surface area contributed by atoms with Gasteiger partial charge in [-0.25, -0.2) is 15.0 Å². The van der Waals surface area contributed by atoms with Crippen molar-refractivity contribution in [2.24, 2.45) is 9.98 Å². The Morgan fingerprint density at radius 1 is 1.05 bits per heavy atom. The molecule has 1 amide bonds. The predicted octanol–water partition coefficient (Wildman–Crippen LogP) is 9.02. The first-order valence-electron chi connectivity index (χ1n) is 18.9. The smallest absolute Gasteiger partial charge is 0.267 e. The number of nitrogens with zero attached hydrogens (tertiary/aromatic N) is 7. The molecule has 3 aromatic heterocycles. The number of aliphatic imine (C=N–C) groups is 2. The van der Waals surface area contributed by atoms with Gasteiger partial charge in [0.05, 0.1) is 57.7 Å². The van der Waals surface area contributed by atoms with Gasteiger partial charge in [0.1, 0.15) is 4.88 Å². The number of imidazole rings is 1. The summed E-state index contributed by atoms with van der Waals surface area (Å²) in [6.07, 6.45) is 16.1. The lowest BCUT2D eigenvalue weighted by atomic mass is 10.0. The summed E-state index contributed by atoms with van der Waals surface area (Å²) in [4.78, 5) is 38.7. The van der Waals surface area contributed by atoms with Crippen LogP contribution in [0.3, 0.4) is 0 Å². The van der Waals surface area contributed by atoms with E-state index in [-0.39, 0.29) is 11.9 Å². The molecule has 3 aromatic carbocycles. The average molecular weight is 880 g/mol. The first-order chi connectivity index (χ1) is 29.1. The largest absolute Gasteiger partial charge is 0.398 e. The van der Waals surface area contributed by atoms with Gasteiger partial charge in [0.25, 0.3) is 5.91 Å². The van der Waals surface area contributed by atoms with Crippen LogP contribution in [-0.4, -0.2) is 60.6 Å². The molecule has 0 bridgehead atoms. The molecule has 0 radical (unpaired) electrons. The Balaban J connectivity index is 0.855. The lowest BCUT2D eigenvalue weighted by Gasteiger charge is -2.24. The Hall–Kier alpha value is -6.04. The number of carbonyl (C=O) groups is 1. The summed E-state index contributed by atoms with van der Waals surface area (Å²) >= 11 is 15.7. The second kappa shape index (κ2) is 18.1. The molecular formula is C42H40Cl2N12O2S2. The Morgan fingerprint density at radius 3 is 2.70 bits per heavy atom. The zero-order valence-corrected chi connectivity index (χ0v) is 35.6. The number of amides is 1. The molecule has 1 aliphatic carbocycles. The SMILES string of the molecule is Cc1cc(CN2C=N[C@H]3CC=C(Nc4ncc([C@H](O)Nc5c(C)cccc5Cl)s4)C=C32)cc(Cl)c1NC(=O)c1cnc(Nc2ccc(C=NCCn3ccnc3)c(N)c2)s1. The first-order valence-corrected chi connectivity index (χ1v) is 21.3. The number of thiazole rings is 2. The molecule has 60 heavy (non-hydrogen) atoms. The zero-order chi connectivity index (χ0) is 41.8. The minimum Gasteiger partial charge on any atom is -0.398 e. The Kier molecular flexibility index (Phi) is 12.3. The number of nitrogens with two attached hydrogens (primary N) is 1. The lowest BCUT2D eigenvalue weighted by Crippen LogP contribution is -2.23. The highest BCUT2D eigenvalue weighted by atomic mass is 35.5. The van der Waals surface area contributed by atoms with E-state index in [0.29, 0.717) is 60.2 Å². The molecule has 0 unspecified atom stereocenters. The van der Waals surface area contributed by atoms with Crippen molar-refractivity contribution in [3.8, 4) is 0 Å². The number of allylic oxidation sites excluding steroid dienone is 1. The minimum absolute atomic E-state index is 0.00129. The fourth-order valence-corrected chi connectivity index (χ4v) is 8.79. The van der Waals surface area contributed by atoms with Gasteiger partial charge in [-0.15, -0.1) is 0 Å². The molecule has 2 atom stereocenters. The molecule has 14 nitrogen and oxygen atoms in total. The van der Waals surface area contributed by atoms with Crippen LogP contribution in [0.1, 0.15) is 49.5 Å². The second-order valence-corrected chi connectivity index (χ2v) is 17.0. The Morgan fingerprint density at radius 2 is 1.90 bits per heavy atom. The first kappa shape index (κ1) is 40.7. The van der Waals surface area contributed by atoms with E-state index in [1.54, 1.807) is 31.0 Å². The number of hydrogen-bond donors (Lipinski definition) is 6. The van der Waals surface area contributed by atoms with Gasteiger partial charge in [0, 0.05) is 66.2 Å². The number of rotatable bonds is 15. The lowest BCUT2D eigenvalue weighted by molar-refractivity contribution is 0.103. The molecule has 0 saturated heterocycles.